The lowest BCUT2D eigenvalue weighted by atomic mass is 10.1. The van der Waals surface area contributed by atoms with E-state index in [0.717, 1.165) is 13.1 Å². The fourth-order valence-electron chi connectivity index (χ4n) is 3.53. The van der Waals surface area contributed by atoms with Crippen molar-refractivity contribution in [3.05, 3.63) is 35.9 Å². The molecule has 1 saturated heterocycles. The number of hydrogen-bond donors (Lipinski definition) is 5. The van der Waals surface area contributed by atoms with Gasteiger partial charge in [0, 0.05) is 38.3 Å². The van der Waals surface area contributed by atoms with E-state index in [9.17, 15) is 20.1 Å². The average molecular weight is 398 g/mol. The number of rotatable bonds is 4. The van der Waals surface area contributed by atoms with Crippen LogP contribution in [0.3, 0.4) is 0 Å². The molecule has 4 rings (SSSR count). The van der Waals surface area contributed by atoms with Gasteiger partial charge in [0.25, 0.3) is 5.91 Å². The van der Waals surface area contributed by atoms with E-state index in [-0.39, 0.29) is 18.1 Å². The van der Waals surface area contributed by atoms with Crippen LogP contribution >= 0.6 is 0 Å². The van der Waals surface area contributed by atoms with Crippen LogP contribution in [0.4, 0.5) is 0 Å². The summed E-state index contributed by atoms with van der Waals surface area (Å²) in [5.41, 5.74) is 2.00. The number of benzene rings is 2. The summed E-state index contributed by atoms with van der Waals surface area (Å²) < 4.78 is 0. The van der Waals surface area contributed by atoms with E-state index in [1.807, 2.05) is 0 Å². The smallest absolute Gasteiger partial charge is 0.254 e. The highest BCUT2D eigenvalue weighted by Crippen LogP contribution is 2.41. The summed E-state index contributed by atoms with van der Waals surface area (Å²) in [5.74, 6) is -1.26. The molecule has 1 aliphatic heterocycles. The van der Waals surface area contributed by atoms with E-state index in [4.69, 9.17) is 5.11 Å². The number of carbonyl (C=O) groups is 1. The third-order valence-electron chi connectivity index (χ3n) is 5.19. The first-order chi connectivity index (χ1) is 14.0. The van der Waals surface area contributed by atoms with Crippen molar-refractivity contribution < 1.29 is 25.2 Å². The van der Waals surface area contributed by atoms with Gasteiger partial charge in [-0.3, -0.25) is 9.69 Å². The maximum Gasteiger partial charge on any atom is 0.254 e. The Morgan fingerprint density at radius 1 is 1.03 bits per heavy atom. The van der Waals surface area contributed by atoms with E-state index in [0.29, 0.717) is 42.1 Å². The molecule has 152 valence electrons. The van der Waals surface area contributed by atoms with E-state index in [2.05, 4.69) is 14.9 Å². The number of nitrogens with one attached hydrogen (secondary N) is 1. The number of aliphatic hydroxyl groups excluding tert-OH is 1. The number of aromatic nitrogens is 2. The Bertz CT molecular complexity index is 1060. The molecule has 3 aromatic rings. The van der Waals surface area contributed by atoms with E-state index in [1.165, 1.54) is 12.1 Å². The molecule has 9 nitrogen and oxygen atoms in total. The molecule has 5 N–H and O–H groups in total. The van der Waals surface area contributed by atoms with Gasteiger partial charge >= 0.3 is 0 Å². The Labute approximate surface area is 166 Å². The standard InChI is InChI=1S/C20H22N4O5/c25-10-9-23-5-7-24(8-6-23)20(29)12-1-3-14-15(11-12)22-19(21-14)13-2-4-16(26)18(28)17(13)27/h1-4,11,25-28H,5-10H2,(H,21,22). The second-order valence-electron chi connectivity index (χ2n) is 7.00. The van der Waals surface area contributed by atoms with Crippen LogP contribution in [0.1, 0.15) is 10.4 Å². The average Bonchev–Trinajstić information content (AvgIpc) is 3.15. The topological polar surface area (TPSA) is 133 Å². The molecule has 0 saturated carbocycles. The number of amides is 1. The second kappa shape index (κ2) is 7.61. The Morgan fingerprint density at radius 2 is 1.79 bits per heavy atom. The summed E-state index contributed by atoms with van der Waals surface area (Å²) in [5, 5.41) is 38.3. The Hall–Kier alpha value is -3.30. The molecule has 1 aromatic heterocycles. The molecule has 1 fully saturated rings. The van der Waals surface area contributed by atoms with E-state index < -0.39 is 17.2 Å². The summed E-state index contributed by atoms with van der Waals surface area (Å²) in [6.07, 6.45) is 0. The van der Waals surface area contributed by atoms with Gasteiger partial charge in [0.1, 0.15) is 5.82 Å². The highest BCUT2D eigenvalue weighted by Gasteiger charge is 2.22. The van der Waals surface area contributed by atoms with Crippen LogP contribution in [0.25, 0.3) is 22.4 Å². The zero-order chi connectivity index (χ0) is 20.5. The maximum absolute atomic E-state index is 12.8. The normalized spacial score (nSPS) is 15.1. The number of carbonyl (C=O) groups excluding carboxylic acids is 1. The fourth-order valence-corrected chi connectivity index (χ4v) is 3.53. The lowest BCUT2D eigenvalue weighted by Gasteiger charge is -2.34. The number of imidazole rings is 1. The lowest BCUT2D eigenvalue weighted by Crippen LogP contribution is -2.49. The minimum atomic E-state index is -0.612. The number of phenolic OH excluding ortho intramolecular Hbond substituents is 3. The predicted octanol–water partition coefficient (Wildman–Crippen LogP) is 1.10. The van der Waals surface area contributed by atoms with Crippen LogP contribution in [0, 0.1) is 0 Å². The molecule has 0 aliphatic carbocycles. The number of nitrogens with zero attached hydrogens (tertiary/aromatic N) is 3. The van der Waals surface area contributed by atoms with Crippen molar-refractivity contribution in [3.63, 3.8) is 0 Å². The van der Waals surface area contributed by atoms with Crippen LogP contribution in [0.5, 0.6) is 17.2 Å². The van der Waals surface area contributed by atoms with Crippen molar-refractivity contribution in [3.8, 4) is 28.6 Å². The monoisotopic (exact) mass is 398 g/mol. The number of aliphatic hydroxyl groups is 1. The Balaban J connectivity index is 1.58. The Morgan fingerprint density at radius 3 is 2.52 bits per heavy atom. The summed E-state index contributed by atoms with van der Waals surface area (Å²) in [6, 6.07) is 7.86. The molecule has 0 atom stereocenters. The Kier molecular flexibility index (Phi) is 4.99. The van der Waals surface area contributed by atoms with E-state index >= 15 is 0 Å². The molecule has 2 aromatic carbocycles. The van der Waals surface area contributed by atoms with Gasteiger partial charge in [-0.2, -0.15) is 0 Å². The molecular formula is C20H22N4O5. The molecule has 9 heteroatoms. The molecule has 2 heterocycles. The third-order valence-corrected chi connectivity index (χ3v) is 5.19. The lowest BCUT2D eigenvalue weighted by molar-refractivity contribution is 0.0615. The predicted molar refractivity (Wildman–Crippen MR) is 106 cm³/mol. The highest BCUT2D eigenvalue weighted by molar-refractivity contribution is 5.98. The minimum absolute atomic E-state index is 0.0724. The van der Waals surface area contributed by atoms with Crippen molar-refractivity contribution in [2.24, 2.45) is 0 Å². The first-order valence-corrected chi connectivity index (χ1v) is 9.34. The number of phenols is 3. The van der Waals surface area contributed by atoms with Crippen LogP contribution in [-0.4, -0.2) is 85.4 Å². The van der Waals surface area contributed by atoms with Gasteiger partial charge in [-0.15, -0.1) is 0 Å². The highest BCUT2D eigenvalue weighted by atomic mass is 16.3. The zero-order valence-electron chi connectivity index (χ0n) is 15.7. The number of H-pyrrole nitrogens is 1. The number of aromatic hydroxyl groups is 3. The molecular weight excluding hydrogens is 376 g/mol. The molecule has 0 bridgehead atoms. The summed E-state index contributed by atoms with van der Waals surface area (Å²) in [4.78, 5) is 24.2. The molecule has 29 heavy (non-hydrogen) atoms. The van der Waals surface area contributed by atoms with Crippen molar-refractivity contribution in [2.75, 3.05) is 39.3 Å². The first-order valence-electron chi connectivity index (χ1n) is 9.34. The van der Waals surface area contributed by atoms with Gasteiger partial charge < -0.3 is 30.3 Å². The number of β-amino-alcohol motifs (C(OH)–C–C–N with tert-alkyl or cyclic N) is 1. The molecule has 1 aliphatic rings. The van der Waals surface area contributed by atoms with Gasteiger partial charge in [-0.25, -0.2) is 4.98 Å². The van der Waals surface area contributed by atoms with Gasteiger partial charge in [0.05, 0.1) is 23.2 Å². The van der Waals surface area contributed by atoms with Crippen LogP contribution in [-0.2, 0) is 0 Å². The van der Waals surface area contributed by atoms with Crippen molar-refractivity contribution in [1.82, 2.24) is 19.8 Å². The summed E-state index contributed by atoms with van der Waals surface area (Å²) in [7, 11) is 0. The first kappa shape index (κ1) is 19.0. The number of hydrogen-bond acceptors (Lipinski definition) is 7. The van der Waals surface area contributed by atoms with Crippen molar-refractivity contribution in [1.29, 1.82) is 0 Å². The molecule has 0 unspecified atom stereocenters. The van der Waals surface area contributed by atoms with Crippen LogP contribution < -0.4 is 0 Å². The second-order valence-corrected chi connectivity index (χ2v) is 7.00. The summed E-state index contributed by atoms with van der Waals surface area (Å²) in [6.45, 7) is 3.39. The SMILES string of the molecule is O=C(c1ccc2nc(-c3ccc(O)c(O)c3O)[nH]c2c1)N1CCN(CCO)CC1. The number of fused-ring (bicyclic) bond motifs is 1. The summed E-state index contributed by atoms with van der Waals surface area (Å²) >= 11 is 0. The number of piperazine rings is 1. The van der Waals surface area contributed by atoms with Gasteiger partial charge in [-0.1, -0.05) is 0 Å². The zero-order valence-corrected chi connectivity index (χ0v) is 15.7. The quantitative estimate of drug-likeness (QED) is 0.416. The molecule has 0 spiro atoms. The molecule has 1 amide bonds. The van der Waals surface area contributed by atoms with Crippen LogP contribution in [0.15, 0.2) is 30.3 Å². The minimum Gasteiger partial charge on any atom is -0.504 e. The third kappa shape index (κ3) is 3.57. The largest absolute Gasteiger partial charge is 0.504 e. The van der Waals surface area contributed by atoms with Gasteiger partial charge in [-0.05, 0) is 30.3 Å². The van der Waals surface area contributed by atoms with Gasteiger partial charge in [0.2, 0.25) is 5.75 Å². The fraction of sp³-hybridized carbons (Fsp3) is 0.300. The molecule has 0 radical (unpaired) electrons. The van der Waals surface area contributed by atoms with Crippen LogP contribution in [0.2, 0.25) is 0 Å². The van der Waals surface area contributed by atoms with Gasteiger partial charge in [0.15, 0.2) is 11.5 Å². The van der Waals surface area contributed by atoms with Crippen molar-refractivity contribution in [2.45, 2.75) is 0 Å². The maximum atomic E-state index is 12.8. The van der Waals surface area contributed by atoms with E-state index in [1.54, 1.807) is 23.1 Å². The van der Waals surface area contributed by atoms with Crippen molar-refractivity contribution >= 4 is 16.9 Å². The number of aromatic amines is 1.